The van der Waals surface area contributed by atoms with Crippen LogP contribution in [0.5, 0.6) is 11.5 Å². The van der Waals surface area contributed by atoms with Gasteiger partial charge in [0.15, 0.2) is 0 Å². The number of carbonyl (C=O) groups is 1. The minimum absolute atomic E-state index is 0.0117. The molecule has 1 amide bonds. The van der Waals surface area contributed by atoms with Gasteiger partial charge < -0.3 is 9.30 Å². The Balaban J connectivity index is 0.000000833. The van der Waals surface area contributed by atoms with E-state index in [0.29, 0.717) is 18.8 Å². The zero-order valence-electron chi connectivity index (χ0n) is 24.8. The first-order chi connectivity index (χ1) is 19.1. The van der Waals surface area contributed by atoms with Crippen molar-refractivity contribution in [2.45, 2.75) is 67.6 Å². The van der Waals surface area contributed by atoms with E-state index in [2.05, 4.69) is 20.5 Å². The van der Waals surface area contributed by atoms with E-state index in [1.54, 1.807) is 4.90 Å². The average molecular weight is 529 g/mol. The summed E-state index contributed by atoms with van der Waals surface area (Å²) in [5.74, 6) is 1.42. The van der Waals surface area contributed by atoms with E-state index in [1.807, 2.05) is 141 Å². The van der Waals surface area contributed by atoms with E-state index in [1.165, 1.54) is 0 Å². The van der Waals surface area contributed by atoms with Crippen LogP contribution in [0.1, 0.15) is 59.7 Å². The molecule has 0 fully saturated rings. The van der Waals surface area contributed by atoms with Gasteiger partial charge in [0.25, 0.3) is 0 Å². The van der Waals surface area contributed by atoms with E-state index < -0.39 is 0 Å². The van der Waals surface area contributed by atoms with Gasteiger partial charge in [0.05, 0.1) is 23.8 Å². The summed E-state index contributed by atoms with van der Waals surface area (Å²) < 4.78 is 8.31. The van der Waals surface area contributed by atoms with Crippen LogP contribution in [0.15, 0.2) is 91.4 Å². The molecule has 2 heterocycles. The highest BCUT2D eigenvalue weighted by Crippen LogP contribution is 2.32. The Morgan fingerprint density at radius 2 is 1.38 bits per heavy atom. The molecule has 4 aromatic rings. The normalized spacial score (nSPS) is 14.8. The second-order valence-electron chi connectivity index (χ2n) is 8.36. The van der Waals surface area contributed by atoms with Crippen LogP contribution in [-0.2, 0) is 17.9 Å². The fourth-order valence-electron chi connectivity index (χ4n) is 4.10. The van der Waals surface area contributed by atoms with Gasteiger partial charge in [-0.2, -0.15) is 0 Å². The number of anilines is 2. The highest BCUT2D eigenvalue weighted by Gasteiger charge is 2.27. The number of imidazole rings is 1. The SMILES string of the molecule is CC.CC.CC.CC1C(=O)N(c2ccccc2)c2cccc(c2)Oc2cccc(c2)Cn2cncc2CN1C. The van der Waals surface area contributed by atoms with Crippen molar-refractivity contribution >= 4 is 17.3 Å². The van der Waals surface area contributed by atoms with Crippen LogP contribution in [0.2, 0.25) is 0 Å². The zero-order chi connectivity index (χ0) is 28.8. The summed E-state index contributed by atoms with van der Waals surface area (Å²) in [6.07, 6.45) is 3.70. The monoisotopic (exact) mass is 528 g/mol. The number of likely N-dealkylation sites (N-methyl/N-ethyl adjacent to an activating group) is 1. The number of rotatable bonds is 1. The number of nitrogens with zero attached hydrogens (tertiary/aromatic N) is 4. The quantitative estimate of drug-likeness (QED) is 0.249. The summed E-state index contributed by atoms with van der Waals surface area (Å²) in [5.41, 5.74) is 3.75. The number of ether oxygens (including phenoxy) is 1. The lowest BCUT2D eigenvalue weighted by Crippen LogP contribution is -2.43. The van der Waals surface area contributed by atoms with Crippen molar-refractivity contribution in [1.29, 1.82) is 0 Å². The van der Waals surface area contributed by atoms with Crippen molar-refractivity contribution in [3.8, 4) is 11.5 Å². The van der Waals surface area contributed by atoms with Crippen LogP contribution < -0.4 is 9.64 Å². The predicted molar refractivity (Wildman–Crippen MR) is 163 cm³/mol. The molecule has 4 bridgehead atoms. The van der Waals surface area contributed by atoms with E-state index in [-0.39, 0.29) is 11.9 Å². The molecule has 3 aromatic carbocycles. The number of carbonyl (C=O) groups excluding carboxylic acids is 1. The minimum Gasteiger partial charge on any atom is -0.457 e. The highest BCUT2D eigenvalue weighted by atomic mass is 16.5. The third kappa shape index (κ3) is 8.04. The molecule has 0 spiro atoms. The van der Waals surface area contributed by atoms with Crippen LogP contribution >= 0.6 is 0 Å². The van der Waals surface area contributed by atoms with Crippen molar-refractivity contribution in [2.75, 3.05) is 11.9 Å². The summed E-state index contributed by atoms with van der Waals surface area (Å²) in [6, 6.07) is 25.1. The van der Waals surface area contributed by atoms with Crippen LogP contribution in [0.25, 0.3) is 0 Å². The second-order valence-corrected chi connectivity index (χ2v) is 8.36. The number of fused-ring (bicyclic) bond motifs is 5. The largest absolute Gasteiger partial charge is 0.457 e. The number of benzene rings is 3. The highest BCUT2D eigenvalue weighted by molar-refractivity contribution is 6.03. The lowest BCUT2D eigenvalue weighted by atomic mass is 10.1. The van der Waals surface area contributed by atoms with Crippen molar-refractivity contribution in [2.24, 2.45) is 0 Å². The first-order valence-electron chi connectivity index (χ1n) is 14.0. The maximum atomic E-state index is 13.8. The molecule has 0 saturated carbocycles. The van der Waals surface area contributed by atoms with E-state index >= 15 is 0 Å². The number of para-hydroxylation sites is 1. The molecule has 1 aliphatic heterocycles. The summed E-state index contributed by atoms with van der Waals surface area (Å²) in [6.45, 7) is 15.2. The summed E-state index contributed by atoms with van der Waals surface area (Å²) in [5, 5.41) is 0. The topological polar surface area (TPSA) is 50.6 Å². The molecule has 0 aliphatic carbocycles. The Labute approximate surface area is 234 Å². The van der Waals surface area contributed by atoms with Gasteiger partial charge in [-0.05, 0) is 55.9 Å². The second kappa shape index (κ2) is 16.1. The third-order valence-electron chi connectivity index (χ3n) is 6.03. The summed E-state index contributed by atoms with van der Waals surface area (Å²) >= 11 is 0. The standard InChI is InChI=1S/C27H26N4O2.3C2H6/c1-20-27(32)31(22-9-4-3-5-10-22)23-11-7-13-26(15-23)33-25-12-6-8-21(14-25)17-30-19-28-16-24(30)18-29(20)2;3*1-2/h3-16,19-20H,17-18H2,1-2H3;3*1-2H3. The number of aromatic nitrogens is 2. The minimum atomic E-state index is -0.357. The van der Waals surface area contributed by atoms with Gasteiger partial charge in [0.2, 0.25) is 5.91 Å². The van der Waals surface area contributed by atoms with Gasteiger partial charge in [-0.25, -0.2) is 4.98 Å². The molecule has 39 heavy (non-hydrogen) atoms. The van der Waals surface area contributed by atoms with Crippen LogP contribution in [0.4, 0.5) is 11.4 Å². The van der Waals surface area contributed by atoms with Gasteiger partial charge in [-0.1, -0.05) is 77.9 Å². The maximum Gasteiger partial charge on any atom is 0.248 e. The van der Waals surface area contributed by atoms with Crippen molar-refractivity contribution in [3.63, 3.8) is 0 Å². The first kappa shape index (κ1) is 31.3. The molecule has 0 N–H and O–H groups in total. The smallest absolute Gasteiger partial charge is 0.248 e. The number of hydrogen-bond acceptors (Lipinski definition) is 4. The Kier molecular flexibility index (Phi) is 13.0. The van der Waals surface area contributed by atoms with Gasteiger partial charge in [-0.3, -0.25) is 14.6 Å². The van der Waals surface area contributed by atoms with Gasteiger partial charge in [0, 0.05) is 31.0 Å². The Morgan fingerprint density at radius 1 is 0.769 bits per heavy atom. The van der Waals surface area contributed by atoms with Crippen molar-refractivity contribution in [1.82, 2.24) is 14.5 Å². The van der Waals surface area contributed by atoms with Crippen LogP contribution in [0.3, 0.4) is 0 Å². The Hall–Kier alpha value is -3.90. The van der Waals surface area contributed by atoms with Gasteiger partial charge in [-0.15, -0.1) is 0 Å². The molecule has 1 atom stereocenters. The predicted octanol–water partition coefficient (Wildman–Crippen LogP) is 8.30. The molecule has 208 valence electrons. The maximum absolute atomic E-state index is 13.8. The first-order valence-corrected chi connectivity index (χ1v) is 14.0. The lowest BCUT2D eigenvalue weighted by Gasteiger charge is -2.31. The molecule has 0 saturated heterocycles. The summed E-state index contributed by atoms with van der Waals surface area (Å²) in [7, 11) is 1.97. The summed E-state index contributed by atoms with van der Waals surface area (Å²) in [4.78, 5) is 22.0. The van der Waals surface area contributed by atoms with E-state index in [9.17, 15) is 4.79 Å². The van der Waals surface area contributed by atoms with Crippen LogP contribution in [-0.4, -0.2) is 33.4 Å². The fourth-order valence-corrected chi connectivity index (χ4v) is 4.10. The van der Waals surface area contributed by atoms with Crippen molar-refractivity contribution < 1.29 is 9.53 Å². The Morgan fingerprint density at radius 3 is 2.08 bits per heavy atom. The van der Waals surface area contributed by atoms with Gasteiger partial charge in [0.1, 0.15) is 11.5 Å². The van der Waals surface area contributed by atoms with Crippen molar-refractivity contribution in [3.05, 3.63) is 103 Å². The Bertz CT molecular complexity index is 1270. The number of amides is 1. The molecule has 1 aromatic heterocycles. The van der Waals surface area contributed by atoms with E-state index in [4.69, 9.17) is 4.74 Å². The number of hydrogen-bond donors (Lipinski definition) is 0. The fraction of sp³-hybridized carbons (Fsp3) is 0.333. The molecule has 1 aliphatic rings. The molecule has 5 rings (SSSR count). The van der Waals surface area contributed by atoms with E-state index in [0.717, 1.165) is 28.4 Å². The lowest BCUT2D eigenvalue weighted by molar-refractivity contribution is -0.122. The molecular weight excluding hydrogens is 484 g/mol. The average Bonchev–Trinajstić information content (AvgIpc) is 3.42. The molecule has 1 unspecified atom stereocenters. The molecular formula is C33H44N4O2. The zero-order valence-corrected chi connectivity index (χ0v) is 24.8. The third-order valence-corrected chi connectivity index (χ3v) is 6.03. The molecule has 6 heteroatoms. The molecule has 0 radical (unpaired) electrons. The van der Waals surface area contributed by atoms with Crippen LogP contribution in [0, 0.1) is 0 Å². The van der Waals surface area contributed by atoms with Gasteiger partial charge >= 0.3 is 0 Å². The molecule has 6 nitrogen and oxygen atoms in total.